The van der Waals surface area contributed by atoms with E-state index in [1.54, 1.807) is 14.2 Å². The predicted octanol–water partition coefficient (Wildman–Crippen LogP) is 4.61. The first-order chi connectivity index (χ1) is 9.65. The molecular weight excluding hydrogens is 248 g/mol. The van der Waals surface area contributed by atoms with Crippen LogP contribution in [0.4, 0.5) is 0 Å². The SMILES string of the molecule is COc1cccc(C(C)C(C)c2cccc(OC)c2)c1. The first kappa shape index (κ1) is 14.4. The zero-order valence-corrected chi connectivity index (χ0v) is 12.6. The third kappa shape index (κ3) is 3.13. The van der Waals surface area contributed by atoms with Crippen LogP contribution in [0.5, 0.6) is 11.5 Å². The van der Waals surface area contributed by atoms with Crippen molar-refractivity contribution >= 4 is 0 Å². The zero-order chi connectivity index (χ0) is 14.5. The number of ether oxygens (including phenoxy) is 2. The van der Waals surface area contributed by atoms with Crippen molar-refractivity contribution in [3.8, 4) is 11.5 Å². The molecule has 2 heteroatoms. The lowest BCUT2D eigenvalue weighted by molar-refractivity contribution is 0.412. The van der Waals surface area contributed by atoms with E-state index in [4.69, 9.17) is 9.47 Å². The summed E-state index contributed by atoms with van der Waals surface area (Å²) in [7, 11) is 3.41. The van der Waals surface area contributed by atoms with Gasteiger partial charge in [-0.2, -0.15) is 0 Å². The maximum absolute atomic E-state index is 5.31. The smallest absolute Gasteiger partial charge is 0.119 e. The Morgan fingerprint density at radius 1 is 0.700 bits per heavy atom. The van der Waals surface area contributed by atoms with E-state index in [-0.39, 0.29) is 0 Å². The third-order valence-corrected chi connectivity index (χ3v) is 3.99. The van der Waals surface area contributed by atoms with Gasteiger partial charge in [-0.25, -0.2) is 0 Å². The molecular formula is C18H22O2. The van der Waals surface area contributed by atoms with E-state index in [0.717, 1.165) is 11.5 Å². The molecule has 0 aliphatic carbocycles. The van der Waals surface area contributed by atoms with Gasteiger partial charge in [-0.3, -0.25) is 0 Å². The fourth-order valence-electron chi connectivity index (χ4n) is 2.43. The van der Waals surface area contributed by atoms with Gasteiger partial charge in [-0.15, -0.1) is 0 Å². The second kappa shape index (κ2) is 6.47. The molecule has 0 radical (unpaired) electrons. The van der Waals surface area contributed by atoms with E-state index >= 15 is 0 Å². The lowest BCUT2D eigenvalue weighted by atomic mass is 9.84. The second-order valence-electron chi connectivity index (χ2n) is 5.13. The molecule has 0 N–H and O–H groups in total. The quantitative estimate of drug-likeness (QED) is 0.789. The Labute approximate surface area is 121 Å². The molecule has 0 aliphatic heterocycles. The van der Waals surface area contributed by atoms with Crippen molar-refractivity contribution in [2.24, 2.45) is 0 Å². The van der Waals surface area contributed by atoms with Gasteiger partial charge in [0.1, 0.15) is 11.5 Å². The van der Waals surface area contributed by atoms with Crippen molar-refractivity contribution in [3.05, 3.63) is 59.7 Å². The van der Waals surface area contributed by atoms with Crippen molar-refractivity contribution < 1.29 is 9.47 Å². The minimum absolute atomic E-state index is 0.414. The number of hydrogen-bond donors (Lipinski definition) is 0. The fraction of sp³-hybridized carbons (Fsp3) is 0.333. The highest BCUT2D eigenvalue weighted by atomic mass is 16.5. The minimum Gasteiger partial charge on any atom is -0.497 e. The van der Waals surface area contributed by atoms with Crippen LogP contribution in [0.25, 0.3) is 0 Å². The normalized spacial score (nSPS) is 13.6. The molecule has 0 bridgehead atoms. The van der Waals surface area contributed by atoms with Gasteiger partial charge < -0.3 is 9.47 Å². The minimum atomic E-state index is 0.414. The molecule has 20 heavy (non-hydrogen) atoms. The van der Waals surface area contributed by atoms with Crippen molar-refractivity contribution in [3.63, 3.8) is 0 Å². The molecule has 0 heterocycles. The molecule has 2 atom stereocenters. The summed E-state index contributed by atoms with van der Waals surface area (Å²) >= 11 is 0. The first-order valence-corrected chi connectivity index (χ1v) is 6.93. The molecule has 0 saturated heterocycles. The Kier molecular flexibility index (Phi) is 4.67. The first-order valence-electron chi connectivity index (χ1n) is 6.93. The Bertz CT molecular complexity index is 511. The molecule has 0 aromatic heterocycles. The summed E-state index contributed by atoms with van der Waals surface area (Å²) in [4.78, 5) is 0. The molecule has 2 nitrogen and oxygen atoms in total. The van der Waals surface area contributed by atoms with Crippen LogP contribution >= 0.6 is 0 Å². The van der Waals surface area contributed by atoms with Crippen molar-refractivity contribution in [1.82, 2.24) is 0 Å². The molecule has 2 unspecified atom stereocenters. The Morgan fingerprint density at radius 3 is 1.45 bits per heavy atom. The number of benzene rings is 2. The molecule has 2 aromatic carbocycles. The number of methoxy groups -OCH3 is 2. The van der Waals surface area contributed by atoms with Gasteiger partial charge in [0, 0.05) is 0 Å². The summed E-state index contributed by atoms with van der Waals surface area (Å²) in [6.07, 6.45) is 0. The molecule has 106 valence electrons. The van der Waals surface area contributed by atoms with Crippen LogP contribution in [0.1, 0.15) is 36.8 Å². The van der Waals surface area contributed by atoms with Crippen molar-refractivity contribution in [2.75, 3.05) is 14.2 Å². The van der Waals surface area contributed by atoms with Crippen LogP contribution in [0.3, 0.4) is 0 Å². The van der Waals surface area contributed by atoms with Gasteiger partial charge in [0.15, 0.2) is 0 Å². The number of rotatable bonds is 5. The molecule has 0 amide bonds. The summed E-state index contributed by atoms with van der Waals surface area (Å²) in [6.45, 7) is 4.50. The van der Waals surface area contributed by atoms with E-state index in [0.29, 0.717) is 11.8 Å². The molecule has 2 rings (SSSR count). The van der Waals surface area contributed by atoms with Crippen LogP contribution in [0.2, 0.25) is 0 Å². The Hall–Kier alpha value is -1.96. The van der Waals surface area contributed by atoms with Crippen LogP contribution in [0, 0.1) is 0 Å². The van der Waals surface area contributed by atoms with Gasteiger partial charge >= 0.3 is 0 Å². The van der Waals surface area contributed by atoms with Crippen LogP contribution in [0.15, 0.2) is 48.5 Å². The van der Waals surface area contributed by atoms with E-state index in [1.807, 2.05) is 24.3 Å². The lowest BCUT2D eigenvalue weighted by Crippen LogP contribution is -2.05. The zero-order valence-electron chi connectivity index (χ0n) is 12.6. The van der Waals surface area contributed by atoms with Crippen molar-refractivity contribution in [2.45, 2.75) is 25.7 Å². The average molecular weight is 270 g/mol. The van der Waals surface area contributed by atoms with Crippen LogP contribution < -0.4 is 9.47 Å². The average Bonchev–Trinajstić information content (AvgIpc) is 2.53. The summed E-state index contributed by atoms with van der Waals surface area (Å²) in [5, 5.41) is 0. The van der Waals surface area contributed by atoms with E-state index < -0.39 is 0 Å². The monoisotopic (exact) mass is 270 g/mol. The highest BCUT2D eigenvalue weighted by Crippen LogP contribution is 2.34. The van der Waals surface area contributed by atoms with Crippen LogP contribution in [-0.2, 0) is 0 Å². The van der Waals surface area contributed by atoms with E-state index in [2.05, 4.69) is 38.1 Å². The topological polar surface area (TPSA) is 18.5 Å². The van der Waals surface area contributed by atoms with Gasteiger partial charge in [-0.05, 0) is 47.2 Å². The lowest BCUT2D eigenvalue weighted by Gasteiger charge is -2.21. The van der Waals surface area contributed by atoms with Gasteiger partial charge in [0.25, 0.3) is 0 Å². The van der Waals surface area contributed by atoms with Gasteiger partial charge in [0.2, 0.25) is 0 Å². The van der Waals surface area contributed by atoms with Crippen molar-refractivity contribution in [1.29, 1.82) is 0 Å². The maximum atomic E-state index is 5.31. The summed E-state index contributed by atoms with van der Waals surface area (Å²) in [6, 6.07) is 16.6. The largest absolute Gasteiger partial charge is 0.497 e. The Morgan fingerprint density at radius 2 is 1.10 bits per heavy atom. The second-order valence-corrected chi connectivity index (χ2v) is 5.13. The highest BCUT2D eigenvalue weighted by molar-refractivity contribution is 5.36. The van der Waals surface area contributed by atoms with E-state index in [9.17, 15) is 0 Å². The molecule has 0 spiro atoms. The van der Waals surface area contributed by atoms with Crippen LogP contribution in [-0.4, -0.2) is 14.2 Å². The fourth-order valence-corrected chi connectivity index (χ4v) is 2.43. The predicted molar refractivity (Wildman–Crippen MR) is 82.8 cm³/mol. The maximum Gasteiger partial charge on any atom is 0.119 e. The molecule has 0 saturated carbocycles. The third-order valence-electron chi connectivity index (χ3n) is 3.99. The van der Waals surface area contributed by atoms with Gasteiger partial charge in [-0.1, -0.05) is 38.1 Å². The highest BCUT2D eigenvalue weighted by Gasteiger charge is 2.17. The molecule has 2 aromatic rings. The number of hydrogen-bond acceptors (Lipinski definition) is 2. The summed E-state index contributed by atoms with van der Waals surface area (Å²) < 4.78 is 10.6. The van der Waals surface area contributed by atoms with Gasteiger partial charge in [0.05, 0.1) is 14.2 Å². The molecule has 0 aliphatic rings. The van der Waals surface area contributed by atoms with E-state index in [1.165, 1.54) is 11.1 Å². The molecule has 0 fully saturated rings. The summed E-state index contributed by atoms with van der Waals surface area (Å²) in [5.74, 6) is 2.65. The summed E-state index contributed by atoms with van der Waals surface area (Å²) in [5.41, 5.74) is 2.58. The Balaban J connectivity index is 2.24. The standard InChI is InChI=1S/C18H22O2/c1-13(15-7-5-9-17(11-15)19-3)14(2)16-8-6-10-18(12-16)20-4/h5-14H,1-4H3.